The maximum atomic E-state index is 10.1. The van der Waals surface area contributed by atoms with Gasteiger partial charge in [-0.05, 0) is 44.9 Å². The third-order valence-electron chi connectivity index (χ3n) is 4.29. The first-order valence-electron chi connectivity index (χ1n) is 6.88. The van der Waals surface area contributed by atoms with Gasteiger partial charge in [-0.1, -0.05) is 0 Å². The van der Waals surface area contributed by atoms with Crippen LogP contribution in [0.25, 0.3) is 0 Å². The van der Waals surface area contributed by atoms with Crippen molar-refractivity contribution in [1.82, 2.24) is 9.88 Å². The summed E-state index contributed by atoms with van der Waals surface area (Å²) in [4.78, 5) is 5.65. The maximum absolute atomic E-state index is 10.1. The van der Waals surface area contributed by atoms with Gasteiger partial charge in [0.2, 0.25) is 0 Å². The molecule has 1 aliphatic rings. The summed E-state index contributed by atoms with van der Waals surface area (Å²) in [5, 5.41) is 10.1. The van der Waals surface area contributed by atoms with Crippen LogP contribution in [0.4, 0.5) is 0 Å². The summed E-state index contributed by atoms with van der Waals surface area (Å²) in [6.07, 6.45) is 6.80. The number of aromatic nitrogens is 1. The molecule has 0 atom stereocenters. The summed E-state index contributed by atoms with van der Waals surface area (Å²) >= 11 is 0. The van der Waals surface area contributed by atoms with Gasteiger partial charge >= 0.3 is 0 Å². The Kier molecular flexibility index (Phi) is 4.43. The van der Waals surface area contributed by atoms with Gasteiger partial charge in [0, 0.05) is 37.4 Å². The van der Waals surface area contributed by atoms with Gasteiger partial charge in [0.25, 0.3) is 0 Å². The van der Waals surface area contributed by atoms with Crippen LogP contribution in [-0.2, 0) is 6.42 Å². The molecule has 1 saturated carbocycles. The number of rotatable bonds is 5. The zero-order valence-corrected chi connectivity index (χ0v) is 11.2. The zero-order valence-electron chi connectivity index (χ0n) is 11.2. The van der Waals surface area contributed by atoms with Crippen molar-refractivity contribution >= 4 is 0 Å². The fraction of sp³-hybridized carbons (Fsp3) is 0.714. The van der Waals surface area contributed by atoms with E-state index >= 15 is 0 Å². The van der Waals surface area contributed by atoms with E-state index in [9.17, 15) is 5.11 Å². The van der Waals surface area contributed by atoms with Crippen LogP contribution in [0, 0.1) is 0 Å². The Balaban J connectivity index is 1.75. The van der Waals surface area contributed by atoms with Gasteiger partial charge in [0.05, 0.1) is 5.60 Å². The van der Waals surface area contributed by atoms with E-state index in [1.807, 2.05) is 12.3 Å². The van der Waals surface area contributed by atoms with Crippen LogP contribution in [0.3, 0.4) is 0 Å². The standard InChI is InChI=1S/C14H25N3O/c1-17(10-6-12-3-2-9-16-12)13-4-7-14(18,11-15)8-5-13/h2-3,9,13,16,18H,4-8,10-11,15H2,1H3. The lowest BCUT2D eigenvalue weighted by molar-refractivity contribution is -0.00925. The molecule has 0 spiro atoms. The third-order valence-corrected chi connectivity index (χ3v) is 4.29. The molecule has 1 aliphatic carbocycles. The van der Waals surface area contributed by atoms with Crippen molar-refractivity contribution in [1.29, 1.82) is 0 Å². The predicted molar refractivity (Wildman–Crippen MR) is 73.4 cm³/mol. The number of nitrogens with zero attached hydrogens (tertiary/aromatic N) is 1. The highest BCUT2D eigenvalue weighted by Crippen LogP contribution is 2.29. The monoisotopic (exact) mass is 251 g/mol. The second kappa shape index (κ2) is 5.87. The van der Waals surface area contributed by atoms with E-state index in [2.05, 4.69) is 23.0 Å². The summed E-state index contributed by atoms with van der Waals surface area (Å²) in [7, 11) is 2.18. The molecule has 0 saturated heterocycles. The molecule has 1 fully saturated rings. The van der Waals surface area contributed by atoms with Crippen molar-refractivity contribution in [3.05, 3.63) is 24.0 Å². The lowest BCUT2D eigenvalue weighted by Gasteiger charge is -2.39. The molecule has 0 unspecified atom stereocenters. The van der Waals surface area contributed by atoms with Gasteiger partial charge in [0.1, 0.15) is 0 Å². The fourth-order valence-corrected chi connectivity index (χ4v) is 2.79. The van der Waals surface area contributed by atoms with Crippen LogP contribution in [0.15, 0.2) is 18.3 Å². The number of nitrogens with two attached hydrogens (primary N) is 1. The number of likely N-dealkylation sites (N-methyl/N-ethyl adjacent to an activating group) is 1. The molecule has 4 N–H and O–H groups in total. The lowest BCUT2D eigenvalue weighted by Crippen LogP contribution is -2.46. The Morgan fingerprint density at radius 2 is 2.22 bits per heavy atom. The number of hydrogen-bond acceptors (Lipinski definition) is 3. The van der Waals surface area contributed by atoms with E-state index in [0.717, 1.165) is 38.6 Å². The molecule has 1 aromatic rings. The highest BCUT2D eigenvalue weighted by atomic mass is 16.3. The van der Waals surface area contributed by atoms with E-state index in [-0.39, 0.29) is 0 Å². The summed E-state index contributed by atoms with van der Waals surface area (Å²) < 4.78 is 0. The number of H-pyrrole nitrogens is 1. The number of hydrogen-bond donors (Lipinski definition) is 3. The Hall–Kier alpha value is -0.840. The number of nitrogens with one attached hydrogen (secondary N) is 1. The Labute approximate surface area is 109 Å². The highest BCUT2D eigenvalue weighted by molar-refractivity contribution is 5.04. The van der Waals surface area contributed by atoms with E-state index < -0.39 is 5.60 Å². The van der Waals surface area contributed by atoms with Crippen LogP contribution >= 0.6 is 0 Å². The second-order valence-electron chi connectivity index (χ2n) is 5.59. The topological polar surface area (TPSA) is 65.3 Å². The zero-order chi connectivity index (χ0) is 13.0. The number of aromatic amines is 1. The molecule has 0 bridgehead atoms. The minimum absolute atomic E-state index is 0.395. The Bertz CT molecular complexity index is 342. The maximum Gasteiger partial charge on any atom is 0.0770 e. The van der Waals surface area contributed by atoms with Gasteiger partial charge < -0.3 is 20.7 Å². The molecule has 1 heterocycles. The average Bonchev–Trinajstić information content (AvgIpc) is 2.90. The van der Waals surface area contributed by atoms with Crippen molar-refractivity contribution in [2.45, 2.75) is 43.7 Å². The van der Waals surface area contributed by atoms with Crippen molar-refractivity contribution in [3.8, 4) is 0 Å². The lowest BCUT2D eigenvalue weighted by atomic mass is 9.82. The van der Waals surface area contributed by atoms with Crippen LogP contribution in [0.5, 0.6) is 0 Å². The normalized spacial score (nSPS) is 28.8. The highest BCUT2D eigenvalue weighted by Gasteiger charge is 2.33. The Morgan fingerprint density at radius 1 is 1.50 bits per heavy atom. The molecule has 4 heteroatoms. The molecule has 18 heavy (non-hydrogen) atoms. The fourth-order valence-electron chi connectivity index (χ4n) is 2.79. The first-order valence-corrected chi connectivity index (χ1v) is 6.88. The first kappa shape index (κ1) is 13.6. The quantitative estimate of drug-likeness (QED) is 0.735. The second-order valence-corrected chi connectivity index (χ2v) is 5.59. The molecular weight excluding hydrogens is 226 g/mol. The molecule has 102 valence electrons. The number of aliphatic hydroxyl groups is 1. The predicted octanol–water partition coefficient (Wildman–Crippen LogP) is 1.12. The van der Waals surface area contributed by atoms with E-state index in [4.69, 9.17) is 5.73 Å². The molecule has 0 amide bonds. The van der Waals surface area contributed by atoms with Gasteiger partial charge in [-0.25, -0.2) is 0 Å². The summed E-state index contributed by atoms with van der Waals surface area (Å²) in [6, 6.07) is 4.76. The summed E-state index contributed by atoms with van der Waals surface area (Å²) in [5.41, 5.74) is 6.30. The van der Waals surface area contributed by atoms with Gasteiger partial charge in [-0.2, -0.15) is 0 Å². The van der Waals surface area contributed by atoms with E-state index in [1.165, 1.54) is 5.69 Å². The third kappa shape index (κ3) is 3.34. The van der Waals surface area contributed by atoms with Crippen LogP contribution in [-0.4, -0.2) is 46.8 Å². The minimum Gasteiger partial charge on any atom is -0.389 e. The van der Waals surface area contributed by atoms with Gasteiger partial charge in [-0.3, -0.25) is 0 Å². The van der Waals surface area contributed by atoms with Crippen LogP contribution < -0.4 is 5.73 Å². The minimum atomic E-state index is -0.600. The van der Waals surface area contributed by atoms with Crippen molar-refractivity contribution in [2.75, 3.05) is 20.1 Å². The molecule has 1 aromatic heterocycles. The smallest absolute Gasteiger partial charge is 0.0770 e. The van der Waals surface area contributed by atoms with Gasteiger partial charge in [-0.15, -0.1) is 0 Å². The van der Waals surface area contributed by atoms with Crippen LogP contribution in [0.2, 0.25) is 0 Å². The molecule has 2 rings (SSSR count). The van der Waals surface area contributed by atoms with Crippen molar-refractivity contribution in [3.63, 3.8) is 0 Å². The van der Waals surface area contributed by atoms with Crippen molar-refractivity contribution in [2.24, 2.45) is 5.73 Å². The van der Waals surface area contributed by atoms with E-state index in [0.29, 0.717) is 12.6 Å². The summed E-state index contributed by atoms with van der Waals surface area (Å²) in [6.45, 7) is 1.46. The average molecular weight is 251 g/mol. The first-order chi connectivity index (χ1) is 8.63. The van der Waals surface area contributed by atoms with Crippen LogP contribution in [0.1, 0.15) is 31.4 Å². The molecule has 0 radical (unpaired) electrons. The SMILES string of the molecule is CN(CCc1ccc[nH]1)C1CCC(O)(CN)CC1. The molecule has 0 aliphatic heterocycles. The molecule has 4 nitrogen and oxygen atoms in total. The van der Waals surface area contributed by atoms with Crippen molar-refractivity contribution < 1.29 is 5.11 Å². The van der Waals surface area contributed by atoms with E-state index in [1.54, 1.807) is 0 Å². The summed E-state index contributed by atoms with van der Waals surface area (Å²) in [5.74, 6) is 0. The van der Waals surface area contributed by atoms with Gasteiger partial charge in [0.15, 0.2) is 0 Å². The largest absolute Gasteiger partial charge is 0.389 e. The Morgan fingerprint density at radius 3 is 2.78 bits per heavy atom. The molecular formula is C14H25N3O. The molecule has 0 aromatic carbocycles.